The van der Waals surface area contributed by atoms with E-state index < -0.39 is 5.97 Å². The summed E-state index contributed by atoms with van der Waals surface area (Å²) in [5.74, 6) is -0.397. The Bertz CT molecular complexity index is 722. The van der Waals surface area contributed by atoms with Gasteiger partial charge < -0.3 is 15.3 Å². The van der Waals surface area contributed by atoms with Crippen LogP contribution in [0, 0.1) is 5.92 Å². The van der Waals surface area contributed by atoms with Gasteiger partial charge in [-0.2, -0.15) is 0 Å². The van der Waals surface area contributed by atoms with Crippen LogP contribution in [0.4, 0.5) is 0 Å². The Morgan fingerprint density at radius 1 is 1.38 bits per heavy atom. The second-order valence-corrected chi connectivity index (χ2v) is 5.50. The molecular weight excluding hydrogens is 268 g/mol. The molecule has 0 amide bonds. The summed E-state index contributed by atoms with van der Waals surface area (Å²) < 4.78 is 0. The minimum absolute atomic E-state index is 0.0275. The summed E-state index contributed by atoms with van der Waals surface area (Å²) in [4.78, 5) is 25.4. The van der Waals surface area contributed by atoms with E-state index in [4.69, 9.17) is 0 Å². The lowest BCUT2D eigenvalue weighted by molar-refractivity contribution is -0.135. The average molecular weight is 282 g/mol. The number of hydrogen-bond acceptors (Lipinski definition) is 4. The van der Waals surface area contributed by atoms with Crippen molar-refractivity contribution in [3.8, 4) is 0 Å². The first-order valence-electron chi connectivity index (χ1n) is 7.01. The fraction of sp³-hybridized carbons (Fsp3) is 0.250. The fourth-order valence-corrected chi connectivity index (χ4v) is 3.45. The van der Waals surface area contributed by atoms with Crippen LogP contribution in [0.5, 0.6) is 0 Å². The highest BCUT2D eigenvalue weighted by Crippen LogP contribution is 2.42. The predicted octanol–water partition coefficient (Wildman–Crippen LogP) is 1.44. The maximum absolute atomic E-state index is 11.9. The molecule has 2 aliphatic carbocycles. The van der Waals surface area contributed by atoms with E-state index in [9.17, 15) is 14.7 Å². The van der Waals surface area contributed by atoms with E-state index in [0.29, 0.717) is 18.4 Å². The number of nitrogens with zero attached hydrogens (tertiary/aromatic N) is 1. The molecule has 0 spiro atoms. The van der Waals surface area contributed by atoms with Crippen molar-refractivity contribution in [2.24, 2.45) is 5.92 Å². The molecule has 106 valence electrons. The molecule has 0 radical (unpaired) electrons. The van der Waals surface area contributed by atoms with Gasteiger partial charge >= 0.3 is 5.97 Å². The zero-order chi connectivity index (χ0) is 14.6. The van der Waals surface area contributed by atoms with Crippen LogP contribution in [-0.4, -0.2) is 28.3 Å². The van der Waals surface area contributed by atoms with Crippen molar-refractivity contribution in [3.05, 3.63) is 58.7 Å². The Kier molecular flexibility index (Phi) is 2.45. The van der Waals surface area contributed by atoms with Gasteiger partial charge in [0, 0.05) is 24.6 Å². The quantitative estimate of drug-likeness (QED) is 0.712. The van der Waals surface area contributed by atoms with E-state index >= 15 is 0 Å². The van der Waals surface area contributed by atoms with Gasteiger partial charge in [-0.3, -0.25) is 4.79 Å². The molecule has 5 nitrogen and oxygen atoms in total. The summed E-state index contributed by atoms with van der Waals surface area (Å²) in [6, 6.07) is 0. The van der Waals surface area contributed by atoms with Gasteiger partial charge in [0.05, 0.1) is 5.70 Å². The smallest absolute Gasteiger partial charge is 0.339 e. The molecule has 0 aromatic carbocycles. The summed E-state index contributed by atoms with van der Waals surface area (Å²) in [5, 5.41) is 12.7. The van der Waals surface area contributed by atoms with Crippen molar-refractivity contribution >= 4 is 11.8 Å². The van der Waals surface area contributed by atoms with Crippen LogP contribution in [0.3, 0.4) is 0 Å². The molecule has 21 heavy (non-hydrogen) atoms. The van der Waals surface area contributed by atoms with Crippen LogP contribution < -0.4 is 5.32 Å². The number of fused-ring (bicyclic) bond motifs is 4. The second kappa shape index (κ2) is 4.22. The van der Waals surface area contributed by atoms with Crippen LogP contribution in [0.1, 0.15) is 12.8 Å². The predicted molar refractivity (Wildman–Crippen MR) is 75.6 cm³/mol. The summed E-state index contributed by atoms with van der Waals surface area (Å²) in [7, 11) is 0. The van der Waals surface area contributed by atoms with Crippen LogP contribution in [-0.2, 0) is 9.59 Å². The van der Waals surface area contributed by atoms with Gasteiger partial charge in [-0.05, 0) is 24.1 Å². The largest absolute Gasteiger partial charge is 0.478 e. The van der Waals surface area contributed by atoms with Gasteiger partial charge in [-0.25, -0.2) is 4.79 Å². The van der Waals surface area contributed by atoms with E-state index in [0.717, 1.165) is 23.8 Å². The lowest BCUT2D eigenvalue weighted by atomic mass is 9.77. The lowest BCUT2D eigenvalue weighted by Crippen LogP contribution is -2.29. The Balaban J connectivity index is 1.81. The number of hydrogen-bond donors (Lipinski definition) is 2. The fourth-order valence-electron chi connectivity index (χ4n) is 3.45. The van der Waals surface area contributed by atoms with Crippen LogP contribution >= 0.6 is 0 Å². The molecule has 0 aromatic heterocycles. The molecule has 0 bridgehead atoms. The van der Waals surface area contributed by atoms with E-state index in [-0.39, 0.29) is 17.3 Å². The highest BCUT2D eigenvalue weighted by atomic mass is 16.4. The Morgan fingerprint density at radius 2 is 2.24 bits per heavy atom. The Labute approximate surface area is 121 Å². The van der Waals surface area contributed by atoms with Crippen molar-refractivity contribution in [1.29, 1.82) is 0 Å². The van der Waals surface area contributed by atoms with Gasteiger partial charge in [-0.15, -0.1) is 0 Å². The highest BCUT2D eigenvalue weighted by molar-refractivity contribution is 6.18. The first kappa shape index (κ1) is 12.2. The van der Waals surface area contributed by atoms with Gasteiger partial charge in [0.15, 0.2) is 5.78 Å². The summed E-state index contributed by atoms with van der Waals surface area (Å²) in [5.41, 5.74) is 2.69. The van der Waals surface area contributed by atoms with Crippen molar-refractivity contribution in [3.63, 3.8) is 0 Å². The molecular formula is C16H14N2O3. The van der Waals surface area contributed by atoms with Gasteiger partial charge in [0.1, 0.15) is 11.4 Å². The molecule has 1 atom stereocenters. The molecule has 0 aromatic rings. The Hall–Kier alpha value is -2.56. The molecule has 0 fully saturated rings. The zero-order valence-electron chi connectivity index (χ0n) is 11.3. The van der Waals surface area contributed by atoms with E-state index in [1.807, 2.05) is 18.2 Å². The summed E-state index contributed by atoms with van der Waals surface area (Å²) >= 11 is 0. The topological polar surface area (TPSA) is 69.6 Å². The molecule has 2 N–H and O–H groups in total. The Morgan fingerprint density at radius 3 is 3.05 bits per heavy atom. The van der Waals surface area contributed by atoms with Gasteiger partial charge in [0.2, 0.25) is 0 Å². The second-order valence-electron chi connectivity index (χ2n) is 5.50. The standard InChI is InChI=1S/C16H14N2O3/c19-12-7-5-10-9(14(12)16(20)21)4-6-11-15(10)17-13-3-1-2-8-18(11)13/h1-4,6,10,17H,5,7-8H2,(H,20,21). The molecule has 2 heterocycles. The number of rotatable bonds is 1. The van der Waals surface area contributed by atoms with Crippen LogP contribution in [0.25, 0.3) is 0 Å². The third-order valence-electron chi connectivity index (χ3n) is 4.38. The number of nitrogens with one attached hydrogen (secondary N) is 1. The minimum atomic E-state index is -1.12. The number of carboxylic acids is 1. The molecule has 2 aliphatic heterocycles. The van der Waals surface area contributed by atoms with Crippen LogP contribution in [0.2, 0.25) is 0 Å². The molecule has 1 unspecified atom stereocenters. The maximum Gasteiger partial charge on any atom is 0.339 e. The molecule has 0 saturated carbocycles. The molecule has 5 heteroatoms. The van der Waals surface area contributed by atoms with Crippen molar-refractivity contribution in [1.82, 2.24) is 10.2 Å². The summed E-state index contributed by atoms with van der Waals surface area (Å²) in [6.45, 7) is 0.804. The number of carbonyl (C=O) groups excluding carboxylic acids is 1. The monoisotopic (exact) mass is 282 g/mol. The SMILES string of the molecule is O=C(O)C1=C2C=CC3=C(NC4=CC=CCN43)C2CCC1=O. The number of aliphatic carboxylic acids is 1. The van der Waals surface area contributed by atoms with Gasteiger partial charge in [-0.1, -0.05) is 18.2 Å². The van der Waals surface area contributed by atoms with E-state index in [1.165, 1.54) is 0 Å². The van der Waals surface area contributed by atoms with Crippen molar-refractivity contribution < 1.29 is 14.7 Å². The molecule has 0 saturated heterocycles. The zero-order valence-corrected chi connectivity index (χ0v) is 11.3. The third kappa shape index (κ3) is 1.63. The third-order valence-corrected chi connectivity index (χ3v) is 4.38. The maximum atomic E-state index is 11.9. The number of carbonyl (C=O) groups is 2. The molecule has 4 aliphatic rings. The van der Waals surface area contributed by atoms with E-state index in [2.05, 4.69) is 16.3 Å². The van der Waals surface area contributed by atoms with E-state index in [1.54, 1.807) is 6.08 Å². The van der Waals surface area contributed by atoms with Crippen LogP contribution in [0.15, 0.2) is 58.7 Å². The number of allylic oxidation sites excluding steroid dienone is 5. The number of Topliss-reactive ketones (excluding diaryl/α,β-unsaturated/α-hetero) is 1. The number of ketones is 1. The first-order valence-corrected chi connectivity index (χ1v) is 7.01. The lowest BCUT2D eigenvalue weighted by Gasteiger charge is -2.29. The summed E-state index contributed by atoms with van der Waals surface area (Å²) in [6.07, 6.45) is 10.8. The average Bonchev–Trinajstić information content (AvgIpc) is 2.85. The van der Waals surface area contributed by atoms with Crippen molar-refractivity contribution in [2.45, 2.75) is 12.8 Å². The normalized spacial score (nSPS) is 26.3. The highest BCUT2D eigenvalue weighted by Gasteiger charge is 2.39. The van der Waals surface area contributed by atoms with Gasteiger partial charge in [0.25, 0.3) is 0 Å². The minimum Gasteiger partial charge on any atom is -0.478 e. The molecule has 4 rings (SSSR count). The number of carboxylic acid groups (broad SMARTS) is 1. The first-order chi connectivity index (χ1) is 10.2. The van der Waals surface area contributed by atoms with Crippen molar-refractivity contribution in [2.75, 3.05) is 6.54 Å².